The highest BCUT2D eigenvalue weighted by Gasteiger charge is 2.20. The van der Waals surface area contributed by atoms with E-state index in [1.165, 1.54) is 30.2 Å². The molecule has 0 aliphatic heterocycles. The standard InChI is InChI=1S/C20H32N4O3S2/c1-6-8-12-24-18-11-10-16(29(26,27)23(4)5)13-17(18)22-20(24)28-14-19(25)21-15(3)9-7-2/h10-11,13,15H,6-9,12,14H2,1-5H3,(H,21,25). The molecule has 29 heavy (non-hydrogen) atoms. The minimum absolute atomic E-state index is 0.0130. The molecule has 1 heterocycles. The monoisotopic (exact) mass is 440 g/mol. The van der Waals surface area contributed by atoms with Crippen LogP contribution in [0.25, 0.3) is 11.0 Å². The van der Waals surface area contributed by atoms with E-state index >= 15 is 0 Å². The van der Waals surface area contributed by atoms with E-state index < -0.39 is 10.0 Å². The number of nitrogens with zero attached hydrogens (tertiary/aromatic N) is 3. The molecule has 0 spiro atoms. The predicted octanol–water partition coefficient (Wildman–Crippen LogP) is 3.48. The van der Waals surface area contributed by atoms with Gasteiger partial charge in [-0.2, -0.15) is 0 Å². The summed E-state index contributed by atoms with van der Waals surface area (Å²) in [6.07, 6.45) is 4.00. The molecule has 7 nitrogen and oxygen atoms in total. The second-order valence-corrected chi connectivity index (χ2v) is 10.5. The molecular formula is C20H32N4O3S2. The molecule has 0 saturated heterocycles. The van der Waals surface area contributed by atoms with Gasteiger partial charge < -0.3 is 9.88 Å². The Hall–Kier alpha value is -1.58. The number of benzene rings is 1. The summed E-state index contributed by atoms with van der Waals surface area (Å²) in [6.45, 7) is 7.01. The summed E-state index contributed by atoms with van der Waals surface area (Å²) in [5.74, 6) is 0.271. The Morgan fingerprint density at radius 1 is 1.28 bits per heavy atom. The van der Waals surface area contributed by atoms with Gasteiger partial charge in [-0.3, -0.25) is 4.79 Å². The van der Waals surface area contributed by atoms with Crippen LogP contribution in [0.15, 0.2) is 28.3 Å². The van der Waals surface area contributed by atoms with Crippen LogP contribution in [-0.4, -0.2) is 54.1 Å². The van der Waals surface area contributed by atoms with E-state index in [0.29, 0.717) is 5.52 Å². The Kier molecular flexibility index (Phi) is 8.54. The molecule has 1 aromatic heterocycles. The maximum absolute atomic E-state index is 12.4. The Bertz CT molecular complexity index is 939. The van der Waals surface area contributed by atoms with E-state index in [1.807, 2.05) is 13.0 Å². The van der Waals surface area contributed by atoms with E-state index in [9.17, 15) is 13.2 Å². The fraction of sp³-hybridized carbons (Fsp3) is 0.600. The number of aromatic nitrogens is 2. The van der Waals surface area contributed by atoms with Gasteiger partial charge in [0.05, 0.1) is 21.7 Å². The number of thioether (sulfide) groups is 1. The van der Waals surface area contributed by atoms with Crippen molar-refractivity contribution >= 4 is 38.7 Å². The first kappa shape index (κ1) is 23.7. The molecule has 0 aliphatic rings. The Morgan fingerprint density at radius 2 is 2.00 bits per heavy atom. The second kappa shape index (κ2) is 10.4. The van der Waals surface area contributed by atoms with Gasteiger partial charge in [-0.05, 0) is 38.0 Å². The van der Waals surface area contributed by atoms with Crippen molar-refractivity contribution in [1.82, 2.24) is 19.2 Å². The number of carbonyl (C=O) groups excluding carboxylic acids is 1. The highest BCUT2D eigenvalue weighted by Crippen LogP contribution is 2.27. The van der Waals surface area contributed by atoms with Crippen LogP contribution in [0.3, 0.4) is 0 Å². The smallest absolute Gasteiger partial charge is 0.242 e. The average Bonchev–Trinajstić information content (AvgIpc) is 3.01. The molecule has 2 rings (SSSR count). The first-order chi connectivity index (χ1) is 13.7. The zero-order valence-corrected chi connectivity index (χ0v) is 19.6. The molecule has 0 fully saturated rings. The van der Waals surface area contributed by atoms with Crippen LogP contribution < -0.4 is 5.32 Å². The number of aryl methyl sites for hydroxylation is 1. The third kappa shape index (κ3) is 5.96. The van der Waals surface area contributed by atoms with Crippen LogP contribution in [0, 0.1) is 0 Å². The van der Waals surface area contributed by atoms with Crippen LogP contribution >= 0.6 is 11.8 Å². The predicted molar refractivity (Wildman–Crippen MR) is 119 cm³/mol. The van der Waals surface area contributed by atoms with Crippen LogP contribution in [0.4, 0.5) is 0 Å². The van der Waals surface area contributed by atoms with Crippen molar-refractivity contribution < 1.29 is 13.2 Å². The van der Waals surface area contributed by atoms with E-state index in [4.69, 9.17) is 0 Å². The van der Waals surface area contributed by atoms with Crippen LogP contribution in [-0.2, 0) is 21.4 Å². The summed E-state index contributed by atoms with van der Waals surface area (Å²) in [4.78, 5) is 17.1. The lowest BCUT2D eigenvalue weighted by molar-refractivity contribution is -0.119. The zero-order valence-electron chi connectivity index (χ0n) is 17.9. The summed E-state index contributed by atoms with van der Waals surface area (Å²) in [5, 5.41) is 3.75. The van der Waals surface area contributed by atoms with Gasteiger partial charge in [-0.25, -0.2) is 17.7 Å². The van der Waals surface area contributed by atoms with E-state index in [1.54, 1.807) is 12.1 Å². The Balaban J connectivity index is 2.29. The first-order valence-corrected chi connectivity index (χ1v) is 12.5. The SMILES string of the molecule is CCCCn1c(SCC(=O)NC(C)CCC)nc2cc(S(=O)(=O)N(C)C)ccc21. The lowest BCUT2D eigenvalue weighted by Crippen LogP contribution is -2.33. The highest BCUT2D eigenvalue weighted by molar-refractivity contribution is 7.99. The summed E-state index contributed by atoms with van der Waals surface area (Å²) < 4.78 is 28.2. The third-order valence-electron chi connectivity index (χ3n) is 4.66. The lowest BCUT2D eigenvalue weighted by atomic mass is 10.2. The fourth-order valence-electron chi connectivity index (χ4n) is 3.05. The first-order valence-electron chi connectivity index (χ1n) is 10.1. The number of sulfonamides is 1. The molecule has 0 saturated carbocycles. The summed E-state index contributed by atoms with van der Waals surface area (Å²) in [5.41, 5.74) is 1.52. The maximum atomic E-state index is 12.4. The van der Waals surface area contributed by atoms with Gasteiger partial charge in [0.2, 0.25) is 15.9 Å². The van der Waals surface area contributed by atoms with Crippen molar-refractivity contribution in [2.24, 2.45) is 0 Å². The molecule has 1 atom stereocenters. The van der Waals surface area contributed by atoms with Crippen molar-refractivity contribution in [2.75, 3.05) is 19.8 Å². The number of amides is 1. The number of imidazole rings is 1. The highest BCUT2D eigenvalue weighted by atomic mass is 32.2. The lowest BCUT2D eigenvalue weighted by Gasteiger charge is -2.13. The molecule has 1 N–H and O–H groups in total. The van der Waals surface area contributed by atoms with Crippen molar-refractivity contribution in [1.29, 1.82) is 0 Å². The summed E-state index contributed by atoms with van der Waals surface area (Å²) in [6, 6.07) is 5.20. The molecule has 1 aromatic carbocycles. The number of carbonyl (C=O) groups is 1. The quantitative estimate of drug-likeness (QED) is 0.541. The van der Waals surface area contributed by atoms with Gasteiger partial charge in [-0.1, -0.05) is 38.5 Å². The zero-order chi connectivity index (χ0) is 21.6. The molecule has 162 valence electrons. The van der Waals surface area contributed by atoms with E-state index in [0.717, 1.165) is 42.9 Å². The third-order valence-corrected chi connectivity index (χ3v) is 7.45. The van der Waals surface area contributed by atoms with E-state index in [-0.39, 0.29) is 22.6 Å². The number of fused-ring (bicyclic) bond motifs is 1. The van der Waals surface area contributed by atoms with Crippen LogP contribution in [0.1, 0.15) is 46.5 Å². The van der Waals surface area contributed by atoms with E-state index in [2.05, 4.69) is 28.7 Å². The molecule has 0 aliphatic carbocycles. The molecule has 1 unspecified atom stereocenters. The summed E-state index contributed by atoms with van der Waals surface area (Å²) >= 11 is 1.39. The number of rotatable bonds is 11. The number of unbranched alkanes of at least 4 members (excludes halogenated alkanes) is 1. The van der Waals surface area contributed by atoms with Crippen molar-refractivity contribution in [2.45, 2.75) is 69.1 Å². The summed E-state index contributed by atoms with van der Waals surface area (Å²) in [7, 11) is -0.495. The van der Waals surface area contributed by atoms with Crippen molar-refractivity contribution in [3.8, 4) is 0 Å². The molecule has 9 heteroatoms. The van der Waals surface area contributed by atoms with Gasteiger partial charge >= 0.3 is 0 Å². The second-order valence-electron chi connectivity index (χ2n) is 7.38. The van der Waals surface area contributed by atoms with Crippen LogP contribution in [0.5, 0.6) is 0 Å². The molecule has 2 aromatic rings. The molecular weight excluding hydrogens is 408 g/mol. The van der Waals surface area contributed by atoms with Gasteiger partial charge in [0, 0.05) is 26.7 Å². The average molecular weight is 441 g/mol. The Labute approximate surface area is 178 Å². The topological polar surface area (TPSA) is 84.3 Å². The number of nitrogens with one attached hydrogen (secondary N) is 1. The fourth-order valence-corrected chi connectivity index (χ4v) is 4.83. The van der Waals surface area contributed by atoms with Gasteiger partial charge in [0.15, 0.2) is 5.16 Å². The maximum Gasteiger partial charge on any atom is 0.242 e. The van der Waals surface area contributed by atoms with Crippen LogP contribution in [0.2, 0.25) is 0 Å². The number of hydrogen-bond acceptors (Lipinski definition) is 5. The van der Waals surface area contributed by atoms with Gasteiger partial charge in [0.25, 0.3) is 0 Å². The van der Waals surface area contributed by atoms with Gasteiger partial charge in [-0.15, -0.1) is 0 Å². The molecule has 0 radical (unpaired) electrons. The minimum Gasteiger partial charge on any atom is -0.353 e. The largest absolute Gasteiger partial charge is 0.353 e. The minimum atomic E-state index is -3.52. The Morgan fingerprint density at radius 3 is 2.62 bits per heavy atom. The van der Waals surface area contributed by atoms with Crippen molar-refractivity contribution in [3.63, 3.8) is 0 Å². The normalized spacial score (nSPS) is 13.2. The molecule has 0 bridgehead atoms. The van der Waals surface area contributed by atoms with Crippen molar-refractivity contribution in [3.05, 3.63) is 18.2 Å². The van der Waals surface area contributed by atoms with Gasteiger partial charge in [0.1, 0.15) is 0 Å². The number of hydrogen-bond donors (Lipinski definition) is 1. The molecule has 1 amide bonds.